The van der Waals surface area contributed by atoms with Gasteiger partial charge in [-0.3, -0.25) is 4.57 Å². The van der Waals surface area contributed by atoms with Crippen molar-refractivity contribution in [3.05, 3.63) is 11.9 Å². The van der Waals surface area contributed by atoms with Gasteiger partial charge in [-0.2, -0.15) is 5.26 Å². The summed E-state index contributed by atoms with van der Waals surface area (Å²) in [5.74, 6) is 1.43. The fourth-order valence-corrected chi connectivity index (χ4v) is 4.32. The van der Waals surface area contributed by atoms with Crippen LogP contribution < -0.4 is 0 Å². The number of hydrogen-bond acceptors (Lipinski definition) is 7. The SMILES string of the molecule is COP(=O)(/C=C/CCOP(OCCC#N)N(C(C)C)C(C)C)OC. The summed E-state index contributed by atoms with van der Waals surface area (Å²) in [4.78, 5) is 0. The molecule has 0 fully saturated rings. The lowest BCUT2D eigenvalue weighted by molar-refractivity contribution is 0.178. The Bertz CT molecular complexity index is 436. The van der Waals surface area contributed by atoms with E-state index in [-0.39, 0.29) is 12.1 Å². The third kappa shape index (κ3) is 9.25. The largest absolute Gasteiger partial charge is 0.353 e. The van der Waals surface area contributed by atoms with Crippen molar-refractivity contribution >= 4 is 16.1 Å². The first kappa shape index (κ1) is 23.7. The van der Waals surface area contributed by atoms with Crippen molar-refractivity contribution < 1.29 is 22.7 Å². The maximum Gasteiger partial charge on any atom is 0.353 e. The minimum Gasteiger partial charge on any atom is -0.322 e. The molecule has 0 spiro atoms. The third-order valence-corrected chi connectivity index (χ3v) is 6.65. The molecule has 0 aliphatic rings. The maximum absolute atomic E-state index is 11.9. The van der Waals surface area contributed by atoms with E-state index in [0.29, 0.717) is 26.1 Å². The second kappa shape index (κ2) is 13.0. The lowest BCUT2D eigenvalue weighted by atomic mass is 10.3. The summed E-state index contributed by atoms with van der Waals surface area (Å²) in [7, 11) is -1.69. The van der Waals surface area contributed by atoms with Gasteiger partial charge in [-0.25, -0.2) is 4.67 Å². The van der Waals surface area contributed by atoms with E-state index in [0.717, 1.165) is 0 Å². The van der Waals surface area contributed by atoms with Crippen LogP contribution in [0.5, 0.6) is 0 Å². The zero-order valence-electron chi connectivity index (χ0n) is 15.5. The minimum absolute atomic E-state index is 0.260. The van der Waals surface area contributed by atoms with E-state index in [9.17, 15) is 4.57 Å². The molecule has 0 aromatic rings. The monoisotopic (exact) mass is 380 g/mol. The Kier molecular flexibility index (Phi) is 12.8. The predicted octanol–water partition coefficient (Wildman–Crippen LogP) is 4.67. The molecule has 9 heteroatoms. The van der Waals surface area contributed by atoms with Crippen molar-refractivity contribution in [1.82, 2.24) is 4.67 Å². The van der Waals surface area contributed by atoms with Gasteiger partial charge in [0.15, 0.2) is 0 Å². The van der Waals surface area contributed by atoms with Gasteiger partial charge in [0, 0.05) is 32.1 Å². The third-order valence-electron chi connectivity index (χ3n) is 2.95. The molecule has 24 heavy (non-hydrogen) atoms. The topological polar surface area (TPSA) is 81.0 Å². The molecule has 0 rings (SSSR count). The highest BCUT2D eigenvalue weighted by Crippen LogP contribution is 2.48. The van der Waals surface area contributed by atoms with Crippen molar-refractivity contribution in [2.24, 2.45) is 0 Å². The van der Waals surface area contributed by atoms with E-state index >= 15 is 0 Å². The van der Waals surface area contributed by atoms with Gasteiger partial charge in [0.1, 0.15) is 0 Å². The highest BCUT2D eigenvalue weighted by Gasteiger charge is 2.26. The molecule has 7 nitrogen and oxygen atoms in total. The predicted molar refractivity (Wildman–Crippen MR) is 96.5 cm³/mol. The highest BCUT2D eigenvalue weighted by molar-refractivity contribution is 7.57. The molecule has 1 unspecified atom stereocenters. The number of hydrogen-bond donors (Lipinski definition) is 0. The second-order valence-electron chi connectivity index (χ2n) is 5.46. The molecule has 0 saturated heterocycles. The summed E-state index contributed by atoms with van der Waals surface area (Å²) in [6, 6.07) is 2.59. The van der Waals surface area contributed by atoms with E-state index in [1.807, 2.05) is 0 Å². The molecule has 0 heterocycles. The molecule has 0 aromatic heterocycles. The van der Waals surface area contributed by atoms with Crippen molar-refractivity contribution in [1.29, 1.82) is 5.26 Å². The quantitative estimate of drug-likeness (QED) is 0.339. The molecule has 1 atom stereocenters. The molecular formula is C15H30N2O5P2. The van der Waals surface area contributed by atoms with Gasteiger partial charge in [-0.1, -0.05) is 6.08 Å². The van der Waals surface area contributed by atoms with E-state index < -0.39 is 16.1 Å². The van der Waals surface area contributed by atoms with Gasteiger partial charge < -0.3 is 18.1 Å². The molecule has 0 amide bonds. The van der Waals surface area contributed by atoms with Gasteiger partial charge in [-0.15, -0.1) is 0 Å². The Morgan fingerprint density at radius 2 is 1.67 bits per heavy atom. The smallest absolute Gasteiger partial charge is 0.322 e. The first-order valence-corrected chi connectivity index (χ1v) is 10.7. The van der Waals surface area contributed by atoms with Crippen LogP contribution in [0.4, 0.5) is 0 Å². The van der Waals surface area contributed by atoms with Crippen LogP contribution in [0.25, 0.3) is 0 Å². The Balaban J connectivity index is 4.63. The van der Waals surface area contributed by atoms with Gasteiger partial charge in [-0.05, 0) is 34.1 Å². The van der Waals surface area contributed by atoms with Crippen LogP contribution >= 0.6 is 16.1 Å². The molecule has 0 aliphatic carbocycles. The Hall–Kier alpha value is -0.310. The summed E-state index contributed by atoms with van der Waals surface area (Å²) < 4.78 is 35.4. The van der Waals surface area contributed by atoms with E-state index in [1.54, 1.807) is 6.08 Å². The summed E-state index contributed by atoms with van der Waals surface area (Å²) in [6.07, 6.45) is 2.60. The fraction of sp³-hybridized carbons (Fsp3) is 0.800. The second-order valence-corrected chi connectivity index (χ2v) is 9.02. The van der Waals surface area contributed by atoms with Gasteiger partial charge in [0.2, 0.25) is 0 Å². The molecule has 0 N–H and O–H groups in total. The number of rotatable bonds is 13. The van der Waals surface area contributed by atoms with Crippen LogP contribution in [0.2, 0.25) is 0 Å². The van der Waals surface area contributed by atoms with Gasteiger partial charge in [0.05, 0.1) is 25.7 Å². The summed E-state index contributed by atoms with van der Waals surface area (Å²) in [5, 5.41) is 8.67. The standard InChI is InChI=1S/C15H30N2O5P2/c1-14(2)17(15(3)4)23(22-12-9-10-16)21-11-7-8-13-24(18,19-5)20-6/h8,13-15H,7,9,11-12H2,1-6H3/b13-8+. The van der Waals surface area contributed by atoms with Crippen LogP contribution in [-0.2, 0) is 22.7 Å². The number of nitrogens with zero attached hydrogens (tertiary/aromatic N) is 2. The van der Waals surface area contributed by atoms with Crippen molar-refractivity contribution in [3.63, 3.8) is 0 Å². The molecule has 0 aromatic carbocycles. The van der Waals surface area contributed by atoms with Gasteiger partial charge >= 0.3 is 7.60 Å². The van der Waals surface area contributed by atoms with Crippen molar-refractivity contribution in [2.75, 3.05) is 27.4 Å². The van der Waals surface area contributed by atoms with Crippen molar-refractivity contribution in [2.45, 2.75) is 52.6 Å². The van der Waals surface area contributed by atoms with E-state index in [4.69, 9.17) is 23.4 Å². The van der Waals surface area contributed by atoms with E-state index in [1.165, 1.54) is 20.0 Å². The fourth-order valence-electron chi connectivity index (χ4n) is 1.91. The molecular weight excluding hydrogens is 350 g/mol. The van der Waals surface area contributed by atoms with Crippen LogP contribution in [0.3, 0.4) is 0 Å². The molecule has 0 aliphatic heterocycles. The maximum atomic E-state index is 11.9. The average Bonchev–Trinajstić information content (AvgIpc) is 2.53. The molecule has 0 saturated carbocycles. The summed E-state index contributed by atoms with van der Waals surface area (Å²) in [5.41, 5.74) is 0. The summed E-state index contributed by atoms with van der Waals surface area (Å²) in [6.45, 7) is 9.09. The minimum atomic E-state index is -3.13. The van der Waals surface area contributed by atoms with Crippen LogP contribution in [0, 0.1) is 11.3 Å². The zero-order valence-corrected chi connectivity index (χ0v) is 17.3. The Labute approximate surface area is 147 Å². The summed E-state index contributed by atoms with van der Waals surface area (Å²) >= 11 is 0. The molecule has 140 valence electrons. The lowest BCUT2D eigenvalue weighted by Gasteiger charge is -2.35. The Morgan fingerprint density at radius 3 is 2.12 bits per heavy atom. The normalized spacial score (nSPS) is 14.0. The van der Waals surface area contributed by atoms with Crippen LogP contribution in [-0.4, -0.2) is 44.2 Å². The Morgan fingerprint density at radius 1 is 1.12 bits per heavy atom. The molecule has 0 bridgehead atoms. The molecule has 0 radical (unpaired) electrons. The number of nitriles is 1. The van der Waals surface area contributed by atoms with Crippen molar-refractivity contribution in [3.8, 4) is 6.07 Å². The first-order valence-electron chi connectivity index (χ1n) is 7.91. The van der Waals surface area contributed by atoms with Crippen LogP contribution in [0.15, 0.2) is 11.9 Å². The van der Waals surface area contributed by atoms with Crippen LogP contribution in [0.1, 0.15) is 40.5 Å². The van der Waals surface area contributed by atoms with Gasteiger partial charge in [0.25, 0.3) is 8.53 Å². The lowest BCUT2D eigenvalue weighted by Crippen LogP contribution is -2.33. The zero-order chi connectivity index (χ0) is 18.6. The first-order chi connectivity index (χ1) is 11.3. The average molecular weight is 380 g/mol. The highest BCUT2D eigenvalue weighted by atomic mass is 31.2. The van der Waals surface area contributed by atoms with E-state index in [2.05, 4.69) is 38.4 Å².